The molecule has 0 aliphatic carbocycles. The van der Waals surface area contributed by atoms with Crippen LogP contribution in [0.5, 0.6) is 5.75 Å². The number of nitrogens with zero attached hydrogens (tertiary/aromatic N) is 2. The Morgan fingerprint density at radius 1 is 1.35 bits per heavy atom. The molecule has 2 aliphatic rings. The lowest BCUT2D eigenvalue weighted by Gasteiger charge is -2.40. The highest BCUT2D eigenvalue weighted by Gasteiger charge is 2.37. The first-order chi connectivity index (χ1) is 9.76. The average molecular weight is 272 g/mol. The fourth-order valence-corrected chi connectivity index (χ4v) is 2.47. The molecule has 0 spiro atoms. The Balaban J connectivity index is 1.48. The zero-order valence-corrected chi connectivity index (χ0v) is 11.1. The molecule has 0 radical (unpaired) electrons. The van der Waals surface area contributed by atoms with Crippen LogP contribution in [-0.4, -0.2) is 42.7 Å². The first-order valence-electron chi connectivity index (χ1n) is 6.83. The number of likely N-dealkylation sites (tertiary alicyclic amines) is 1. The predicted molar refractivity (Wildman–Crippen MR) is 71.1 cm³/mol. The second-order valence-electron chi connectivity index (χ2n) is 5.12. The van der Waals surface area contributed by atoms with Crippen LogP contribution in [0.25, 0.3) is 0 Å². The Labute approximate surface area is 117 Å². The van der Waals surface area contributed by atoms with E-state index in [0.717, 1.165) is 18.6 Å². The molecule has 2 fully saturated rings. The number of hydrogen-bond acceptors (Lipinski definition) is 4. The molecule has 20 heavy (non-hydrogen) atoms. The van der Waals surface area contributed by atoms with Gasteiger partial charge in [0.1, 0.15) is 18.0 Å². The number of ether oxygens (including phenoxy) is 2. The van der Waals surface area contributed by atoms with Crippen LogP contribution in [0.15, 0.2) is 24.3 Å². The summed E-state index contributed by atoms with van der Waals surface area (Å²) in [4.78, 5) is 13.8. The molecule has 0 aromatic heterocycles. The fourth-order valence-electron chi connectivity index (χ4n) is 2.47. The maximum absolute atomic E-state index is 12.0. The average Bonchev–Trinajstić information content (AvgIpc) is 2.96. The largest absolute Gasteiger partial charge is 0.487 e. The van der Waals surface area contributed by atoms with Gasteiger partial charge < -0.3 is 14.4 Å². The molecule has 2 aliphatic heterocycles. The van der Waals surface area contributed by atoms with E-state index in [-0.39, 0.29) is 18.1 Å². The first kappa shape index (κ1) is 12.9. The molecule has 0 N–H and O–H groups in total. The SMILES string of the molecule is N#Cc1ccc(OC2CN(C(=O)[C@@H]3CCCO3)C2)cc1. The molecular weight excluding hydrogens is 256 g/mol. The summed E-state index contributed by atoms with van der Waals surface area (Å²) in [5.74, 6) is 0.820. The van der Waals surface area contributed by atoms with Crippen molar-refractivity contribution in [2.75, 3.05) is 19.7 Å². The van der Waals surface area contributed by atoms with E-state index in [4.69, 9.17) is 14.7 Å². The van der Waals surface area contributed by atoms with Gasteiger partial charge >= 0.3 is 0 Å². The molecule has 0 bridgehead atoms. The highest BCUT2D eigenvalue weighted by molar-refractivity contribution is 5.82. The minimum Gasteiger partial charge on any atom is -0.487 e. The van der Waals surface area contributed by atoms with Crippen molar-refractivity contribution in [3.63, 3.8) is 0 Å². The van der Waals surface area contributed by atoms with Crippen molar-refractivity contribution in [2.45, 2.75) is 25.0 Å². The molecule has 2 heterocycles. The summed E-state index contributed by atoms with van der Waals surface area (Å²) < 4.78 is 11.1. The lowest BCUT2D eigenvalue weighted by Crippen LogP contribution is -2.58. The Kier molecular flexibility index (Phi) is 3.57. The lowest BCUT2D eigenvalue weighted by atomic mass is 10.1. The van der Waals surface area contributed by atoms with Crippen molar-refractivity contribution in [2.24, 2.45) is 0 Å². The topological polar surface area (TPSA) is 62.6 Å². The van der Waals surface area contributed by atoms with Crippen LogP contribution in [0.3, 0.4) is 0 Å². The van der Waals surface area contributed by atoms with Gasteiger partial charge in [-0.05, 0) is 37.1 Å². The fraction of sp³-hybridized carbons (Fsp3) is 0.467. The van der Waals surface area contributed by atoms with Crippen LogP contribution in [0.2, 0.25) is 0 Å². The van der Waals surface area contributed by atoms with Crippen molar-refractivity contribution >= 4 is 5.91 Å². The number of amides is 1. The van der Waals surface area contributed by atoms with Gasteiger partial charge in [-0.3, -0.25) is 4.79 Å². The zero-order chi connectivity index (χ0) is 13.9. The standard InChI is InChI=1S/C15H16N2O3/c16-8-11-3-5-12(6-4-11)20-13-9-17(10-13)15(18)14-2-1-7-19-14/h3-6,13-14H,1-2,7,9-10H2/t14-/m0/s1. The van der Waals surface area contributed by atoms with Gasteiger partial charge in [0.2, 0.25) is 0 Å². The van der Waals surface area contributed by atoms with Crippen LogP contribution in [0.1, 0.15) is 18.4 Å². The van der Waals surface area contributed by atoms with Crippen LogP contribution in [0.4, 0.5) is 0 Å². The highest BCUT2D eigenvalue weighted by Crippen LogP contribution is 2.22. The lowest BCUT2D eigenvalue weighted by molar-refractivity contribution is -0.149. The van der Waals surface area contributed by atoms with E-state index in [1.165, 1.54) is 0 Å². The van der Waals surface area contributed by atoms with Gasteiger partial charge in [0.25, 0.3) is 5.91 Å². The third-order valence-corrected chi connectivity index (χ3v) is 3.65. The summed E-state index contributed by atoms with van der Waals surface area (Å²) >= 11 is 0. The molecular formula is C15H16N2O3. The van der Waals surface area contributed by atoms with Gasteiger partial charge in [0, 0.05) is 6.61 Å². The number of carbonyl (C=O) groups excluding carboxylic acids is 1. The van der Waals surface area contributed by atoms with Crippen molar-refractivity contribution in [3.8, 4) is 11.8 Å². The van der Waals surface area contributed by atoms with Crippen LogP contribution < -0.4 is 4.74 Å². The molecule has 1 aromatic rings. The third kappa shape index (κ3) is 2.61. The van der Waals surface area contributed by atoms with E-state index in [2.05, 4.69) is 6.07 Å². The summed E-state index contributed by atoms with van der Waals surface area (Å²) in [6.45, 7) is 1.91. The van der Waals surface area contributed by atoms with Crippen molar-refractivity contribution in [1.29, 1.82) is 5.26 Å². The monoisotopic (exact) mass is 272 g/mol. The molecule has 5 nitrogen and oxygen atoms in total. The molecule has 104 valence electrons. The van der Waals surface area contributed by atoms with Gasteiger partial charge in [0.15, 0.2) is 0 Å². The summed E-state index contributed by atoms with van der Waals surface area (Å²) in [5.41, 5.74) is 0.612. The smallest absolute Gasteiger partial charge is 0.251 e. The Morgan fingerprint density at radius 3 is 2.70 bits per heavy atom. The summed E-state index contributed by atoms with van der Waals surface area (Å²) in [5, 5.41) is 8.72. The van der Waals surface area contributed by atoms with E-state index >= 15 is 0 Å². The predicted octanol–water partition coefficient (Wildman–Crippen LogP) is 1.33. The molecule has 1 amide bonds. The van der Waals surface area contributed by atoms with E-state index in [0.29, 0.717) is 25.3 Å². The molecule has 2 saturated heterocycles. The molecule has 0 saturated carbocycles. The van der Waals surface area contributed by atoms with Gasteiger partial charge in [-0.25, -0.2) is 0 Å². The summed E-state index contributed by atoms with van der Waals surface area (Å²) in [6, 6.07) is 9.08. The van der Waals surface area contributed by atoms with Gasteiger partial charge in [-0.15, -0.1) is 0 Å². The van der Waals surface area contributed by atoms with Gasteiger partial charge in [-0.1, -0.05) is 0 Å². The summed E-state index contributed by atoms with van der Waals surface area (Å²) in [6.07, 6.45) is 1.59. The molecule has 0 unspecified atom stereocenters. The van der Waals surface area contributed by atoms with Crippen molar-refractivity contribution in [1.82, 2.24) is 4.90 Å². The van der Waals surface area contributed by atoms with E-state index < -0.39 is 0 Å². The molecule has 3 rings (SSSR count). The zero-order valence-electron chi connectivity index (χ0n) is 11.1. The minimum absolute atomic E-state index is 0.0355. The summed E-state index contributed by atoms with van der Waals surface area (Å²) in [7, 11) is 0. The molecule has 1 aromatic carbocycles. The number of carbonyl (C=O) groups is 1. The number of hydrogen-bond donors (Lipinski definition) is 0. The molecule has 1 atom stereocenters. The van der Waals surface area contributed by atoms with E-state index in [1.807, 2.05) is 0 Å². The van der Waals surface area contributed by atoms with Crippen LogP contribution in [-0.2, 0) is 9.53 Å². The Bertz CT molecular complexity index is 523. The minimum atomic E-state index is -0.245. The third-order valence-electron chi connectivity index (χ3n) is 3.65. The normalized spacial score (nSPS) is 22.1. The maximum Gasteiger partial charge on any atom is 0.251 e. The van der Waals surface area contributed by atoms with Gasteiger partial charge in [0.05, 0.1) is 24.7 Å². The maximum atomic E-state index is 12.0. The Hall–Kier alpha value is -2.06. The number of nitriles is 1. The Morgan fingerprint density at radius 2 is 2.10 bits per heavy atom. The van der Waals surface area contributed by atoms with Gasteiger partial charge in [-0.2, -0.15) is 5.26 Å². The highest BCUT2D eigenvalue weighted by atomic mass is 16.5. The van der Waals surface area contributed by atoms with E-state index in [9.17, 15) is 4.79 Å². The van der Waals surface area contributed by atoms with Crippen molar-refractivity contribution in [3.05, 3.63) is 29.8 Å². The quantitative estimate of drug-likeness (QED) is 0.832. The number of rotatable bonds is 3. The van der Waals surface area contributed by atoms with Crippen molar-refractivity contribution < 1.29 is 14.3 Å². The first-order valence-corrected chi connectivity index (χ1v) is 6.83. The second kappa shape index (κ2) is 5.51. The van der Waals surface area contributed by atoms with Crippen LogP contribution in [0, 0.1) is 11.3 Å². The van der Waals surface area contributed by atoms with Crippen LogP contribution >= 0.6 is 0 Å². The second-order valence-corrected chi connectivity index (χ2v) is 5.12. The number of benzene rings is 1. The molecule has 5 heteroatoms. The van der Waals surface area contributed by atoms with E-state index in [1.54, 1.807) is 29.2 Å².